The van der Waals surface area contributed by atoms with E-state index >= 15 is 0 Å². The van der Waals surface area contributed by atoms with Gasteiger partial charge in [0.2, 0.25) is 0 Å². The Hall–Kier alpha value is -2.41. The summed E-state index contributed by atoms with van der Waals surface area (Å²) in [4.78, 5) is 24.5. The fourth-order valence-corrected chi connectivity index (χ4v) is 2.52. The van der Waals surface area contributed by atoms with Gasteiger partial charge in [0.05, 0.1) is 12.1 Å². The van der Waals surface area contributed by atoms with Gasteiger partial charge in [-0.05, 0) is 37.3 Å². The molecule has 0 aliphatic rings. The molecule has 0 saturated carbocycles. The fraction of sp³-hybridized carbons (Fsp3) is 0.143. The quantitative estimate of drug-likeness (QED) is 0.811. The predicted molar refractivity (Wildman–Crippen MR) is 78.3 cm³/mol. The van der Waals surface area contributed by atoms with Gasteiger partial charge in [0.1, 0.15) is 5.82 Å². The van der Waals surface area contributed by atoms with Gasteiger partial charge in [-0.15, -0.1) is 11.3 Å². The van der Waals surface area contributed by atoms with Crippen molar-refractivity contribution < 1.29 is 19.1 Å². The van der Waals surface area contributed by atoms with E-state index in [2.05, 4.69) is 10.6 Å². The SMILES string of the molecule is Cc1ccc(CNC(=O)Nc2ccc(C(=O)O)c(F)c2)s1. The zero-order valence-electron chi connectivity index (χ0n) is 11.1. The molecular formula is C14H13FN2O3S. The first-order valence-electron chi connectivity index (χ1n) is 6.08. The lowest BCUT2D eigenvalue weighted by molar-refractivity contribution is 0.0692. The van der Waals surface area contributed by atoms with Crippen molar-refractivity contribution in [3.63, 3.8) is 0 Å². The van der Waals surface area contributed by atoms with Gasteiger partial charge in [-0.3, -0.25) is 0 Å². The van der Waals surface area contributed by atoms with E-state index in [0.717, 1.165) is 21.9 Å². The highest BCUT2D eigenvalue weighted by Crippen LogP contribution is 2.16. The molecule has 2 aromatic rings. The topological polar surface area (TPSA) is 78.4 Å². The first kappa shape index (κ1) is 15.0. The maximum atomic E-state index is 13.5. The molecule has 0 aliphatic heterocycles. The molecule has 21 heavy (non-hydrogen) atoms. The van der Waals surface area contributed by atoms with Crippen molar-refractivity contribution in [3.8, 4) is 0 Å². The number of rotatable bonds is 4. The van der Waals surface area contributed by atoms with Crippen LogP contribution in [-0.2, 0) is 6.54 Å². The minimum atomic E-state index is -1.35. The minimum Gasteiger partial charge on any atom is -0.478 e. The van der Waals surface area contributed by atoms with E-state index in [0.29, 0.717) is 6.54 Å². The van der Waals surface area contributed by atoms with Crippen LogP contribution >= 0.6 is 11.3 Å². The monoisotopic (exact) mass is 308 g/mol. The van der Waals surface area contributed by atoms with Crippen LogP contribution in [0.1, 0.15) is 20.1 Å². The highest BCUT2D eigenvalue weighted by molar-refractivity contribution is 7.11. The zero-order valence-corrected chi connectivity index (χ0v) is 12.0. The van der Waals surface area contributed by atoms with E-state index < -0.39 is 23.4 Å². The van der Waals surface area contributed by atoms with Crippen molar-refractivity contribution in [1.82, 2.24) is 5.32 Å². The van der Waals surface area contributed by atoms with Gasteiger partial charge in [-0.1, -0.05) is 0 Å². The summed E-state index contributed by atoms with van der Waals surface area (Å²) in [6.07, 6.45) is 0. The van der Waals surface area contributed by atoms with E-state index in [4.69, 9.17) is 5.11 Å². The largest absolute Gasteiger partial charge is 0.478 e. The number of carbonyl (C=O) groups is 2. The van der Waals surface area contributed by atoms with Gasteiger partial charge in [0.25, 0.3) is 0 Å². The van der Waals surface area contributed by atoms with Crippen LogP contribution in [0.3, 0.4) is 0 Å². The van der Waals surface area contributed by atoms with E-state index in [9.17, 15) is 14.0 Å². The average Bonchev–Trinajstić information content (AvgIpc) is 2.82. The Bertz CT molecular complexity index is 685. The van der Waals surface area contributed by atoms with E-state index in [-0.39, 0.29) is 5.69 Å². The third kappa shape index (κ3) is 4.03. The summed E-state index contributed by atoms with van der Waals surface area (Å²) in [5.41, 5.74) is -0.243. The predicted octanol–water partition coefficient (Wildman–Crippen LogP) is 3.22. The van der Waals surface area contributed by atoms with Crippen molar-refractivity contribution in [3.05, 3.63) is 51.5 Å². The molecule has 2 rings (SSSR count). The number of aryl methyl sites for hydroxylation is 1. The Morgan fingerprint density at radius 1 is 1.29 bits per heavy atom. The van der Waals surface area contributed by atoms with Crippen LogP contribution < -0.4 is 10.6 Å². The normalized spacial score (nSPS) is 10.2. The van der Waals surface area contributed by atoms with Crippen molar-refractivity contribution in [2.45, 2.75) is 13.5 Å². The second kappa shape index (κ2) is 6.36. The molecule has 1 heterocycles. The fourth-order valence-electron chi connectivity index (χ4n) is 1.69. The highest BCUT2D eigenvalue weighted by Gasteiger charge is 2.11. The van der Waals surface area contributed by atoms with Crippen LogP contribution in [0.25, 0.3) is 0 Å². The van der Waals surface area contributed by atoms with Gasteiger partial charge in [0.15, 0.2) is 0 Å². The second-order valence-corrected chi connectivity index (χ2v) is 5.69. The van der Waals surface area contributed by atoms with Crippen LogP contribution in [-0.4, -0.2) is 17.1 Å². The molecule has 3 N–H and O–H groups in total. The molecule has 0 aliphatic carbocycles. The molecule has 0 saturated heterocycles. The lowest BCUT2D eigenvalue weighted by Gasteiger charge is -2.07. The van der Waals surface area contributed by atoms with E-state index in [1.54, 1.807) is 11.3 Å². The lowest BCUT2D eigenvalue weighted by atomic mass is 10.2. The van der Waals surface area contributed by atoms with Crippen molar-refractivity contribution >= 4 is 29.0 Å². The number of amides is 2. The van der Waals surface area contributed by atoms with Gasteiger partial charge in [-0.25, -0.2) is 14.0 Å². The lowest BCUT2D eigenvalue weighted by Crippen LogP contribution is -2.27. The number of benzene rings is 1. The van der Waals surface area contributed by atoms with Crippen molar-refractivity contribution in [1.29, 1.82) is 0 Å². The van der Waals surface area contributed by atoms with Gasteiger partial charge < -0.3 is 15.7 Å². The molecule has 7 heteroatoms. The molecule has 0 atom stereocenters. The van der Waals surface area contributed by atoms with Crippen LogP contribution in [0, 0.1) is 12.7 Å². The summed E-state index contributed by atoms with van der Waals surface area (Å²) in [5, 5.41) is 13.8. The molecular weight excluding hydrogens is 295 g/mol. The number of carbonyl (C=O) groups excluding carboxylic acids is 1. The Labute approximate surface area is 124 Å². The molecule has 5 nitrogen and oxygen atoms in total. The zero-order chi connectivity index (χ0) is 15.4. The summed E-state index contributed by atoms with van der Waals surface area (Å²) in [6.45, 7) is 2.35. The average molecular weight is 308 g/mol. The summed E-state index contributed by atoms with van der Waals surface area (Å²) >= 11 is 1.58. The van der Waals surface area contributed by atoms with Gasteiger partial charge in [0, 0.05) is 15.4 Å². The molecule has 0 bridgehead atoms. The van der Waals surface area contributed by atoms with Crippen molar-refractivity contribution in [2.75, 3.05) is 5.32 Å². The molecule has 0 spiro atoms. The third-order valence-corrected chi connectivity index (χ3v) is 3.68. The highest BCUT2D eigenvalue weighted by atomic mass is 32.1. The number of hydrogen-bond donors (Lipinski definition) is 3. The molecule has 110 valence electrons. The number of aromatic carboxylic acids is 1. The maximum absolute atomic E-state index is 13.5. The number of carboxylic acids is 1. The smallest absolute Gasteiger partial charge is 0.338 e. The van der Waals surface area contributed by atoms with Gasteiger partial charge >= 0.3 is 12.0 Å². The number of carboxylic acid groups (broad SMARTS) is 1. The summed E-state index contributed by atoms with van der Waals surface area (Å²) in [5.74, 6) is -2.24. The molecule has 2 amide bonds. The maximum Gasteiger partial charge on any atom is 0.338 e. The molecule has 0 fully saturated rings. The number of urea groups is 1. The van der Waals surface area contributed by atoms with E-state index in [1.165, 1.54) is 6.07 Å². The second-order valence-electron chi connectivity index (χ2n) is 4.32. The Morgan fingerprint density at radius 2 is 2.05 bits per heavy atom. The Kier molecular flexibility index (Phi) is 4.54. The molecule has 0 unspecified atom stereocenters. The summed E-state index contributed by atoms with van der Waals surface area (Å²) in [6, 6.07) is 6.81. The number of thiophene rings is 1. The molecule has 1 aromatic carbocycles. The Balaban J connectivity index is 1.93. The minimum absolute atomic E-state index is 0.192. The third-order valence-electron chi connectivity index (χ3n) is 2.68. The van der Waals surface area contributed by atoms with E-state index in [1.807, 2.05) is 19.1 Å². The summed E-state index contributed by atoms with van der Waals surface area (Å²) < 4.78 is 13.5. The van der Waals surface area contributed by atoms with Gasteiger partial charge in [-0.2, -0.15) is 0 Å². The molecule has 1 aromatic heterocycles. The number of hydrogen-bond acceptors (Lipinski definition) is 3. The first-order valence-corrected chi connectivity index (χ1v) is 6.90. The number of halogens is 1. The molecule has 0 radical (unpaired) electrons. The number of nitrogens with one attached hydrogen (secondary N) is 2. The summed E-state index contributed by atoms with van der Waals surface area (Å²) in [7, 11) is 0. The van der Waals surface area contributed by atoms with Crippen molar-refractivity contribution in [2.24, 2.45) is 0 Å². The number of anilines is 1. The standard InChI is InChI=1S/C14H13FN2O3S/c1-8-2-4-10(21-8)7-16-14(20)17-9-3-5-11(13(18)19)12(15)6-9/h2-6H,7H2,1H3,(H,18,19)(H2,16,17,20). The van der Waals surface area contributed by atoms with Crippen LogP contribution in [0.2, 0.25) is 0 Å². The Morgan fingerprint density at radius 3 is 2.62 bits per heavy atom. The van der Waals surface area contributed by atoms with Crippen LogP contribution in [0.5, 0.6) is 0 Å². The van der Waals surface area contributed by atoms with Crippen LogP contribution in [0.15, 0.2) is 30.3 Å². The van der Waals surface area contributed by atoms with Crippen LogP contribution in [0.4, 0.5) is 14.9 Å². The first-order chi connectivity index (χ1) is 9.95.